The molecule has 0 saturated heterocycles. The van der Waals surface area contributed by atoms with Crippen LogP contribution in [0.15, 0.2) is 4.99 Å². The number of guanidine groups is 1. The normalized spacial score (nSPS) is 18.3. The van der Waals surface area contributed by atoms with E-state index in [1.54, 1.807) is 11.3 Å². The Morgan fingerprint density at radius 3 is 2.68 bits per heavy atom. The molecule has 0 aromatic carbocycles. The second-order valence-electron chi connectivity index (χ2n) is 5.06. The first-order chi connectivity index (χ1) is 9.24. The zero-order chi connectivity index (χ0) is 13.5. The van der Waals surface area contributed by atoms with Crippen LogP contribution in [0.4, 0.5) is 0 Å². The second kappa shape index (κ2) is 7.43. The lowest BCUT2D eigenvalue weighted by atomic mass is 10.1. The molecule has 0 unspecified atom stereocenters. The van der Waals surface area contributed by atoms with Crippen molar-refractivity contribution < 1.29 is 0 Å². The maximum Gasteiger partial charge on any atom is 0.188 e. The van der Waals surface area contributed by atoms with Gasteiger partial charge in [-0.2, -0.15) is 0 Å². The highest BCUT2D eigenvalue weighted by atomic mass is 32.1. The van der Waals surface area contributed by atoms with Gasteiger partial charge in [-0.15, -0.1) is 21.5 Å². The van der Waals surface area contributed by atoms with Crippen molar-refractivity contribution in [2.75, 3.05) is 6.54 Å². The number of hydrogen-bond donors (Lipinski definition) is 2. The van der Waals surface area contributed by atoms with Crippen LogP contribution >= 0.6 is 11.3 Å². The number of hydrogen-bond acceptors (Lipinski definition) is 4. The van der Waals surface area contributed by atoms with Crippen molar-refractivity contribution in [1.29, 1.82) is 0 Å². The van der Waals surface area contributed by atoms with Crippen LogP contribution in [0, 0.1) is 6.92 Å². The van der Waals surface area contributed by atoms with Crippen molar-refractivity contribution in [2.45, 2.75) is 57.9 Å². The summed E-state index contributed by atoms with van der Waals surface area (Å²) in [5.74, 6) is 0.577. The molecule has 0 radical (unpaired) electrons. The van der Waals surface area contributed by atoms with Crippen molar-refractivity contribution in [3.8, 4) is 0 Å². The predicted octanol–water partition coefficient (Wildman–Crippen LogP) is 2.02. The van der Waals surface area contributed by atoms with Crippen LogP contribution in [0.1, 0.15) is 48.5 Å². The van der Waals surface area contributed by atoms with E-state index in [0.717, 1.165) is 16.4 Å². The molecular formula is C13H23N5S. The molecule has 3 N–H and O–H groups in total. The van der Waals surface area contributed by atoms with Gasteiger partial charge in [-0.05, 0) is 19.8 Å². The summed E-state index contributed by atoms with van der Waals surface area (Å²) in [5.41, 5.74) is 5.93. The minimum Gasteiger partial charge on any atom is -0.370 e. The van der Waals surface area contributed by atoms with Gasteiger partial charge in [0.25, 0.3) is 0 Å². The minimum atomic E-state index is 0.509. The van der Waals surface area contributed by atoms with Crippen molar-refractivity contribution in [2.24, 2.45) is 10.7 Å². The smallest absolute Gasteiger partial charge is 0.188 e. The van der Waals surface area contributed by atoms with Gasteiger partial charge in [-0.1, -0.05) is 25.7 Å². The molecule has 6 heteroatoms. The van der Waals surface area contributed by atoms with Gasteiger partial charge >= 0.3 is 0 Å². The maximum atomic E-state index is 5.93. The van der Waals surface area contributed by atoms with Crippen molar-refractivity contribution >= 4 is 17.3 Å². The fourth-order valence-electron chi connectivity index (χ4n) is 2.39. The zero-order valence-electron chi connectivity index (χ0n) is 11.6. The lowest BCUT2D eigenvalue weighted by molar-refractivity contribution is 0.530. The fraction of sp³-hybridized carbons (Fsp3) is 0.769. The summed E-state index contributed by atoms with van der Waals surface area (Å²) in [5, 5.41) is 13.5. The van der Waals surface area contributed by atoms with Crippen molar-refractivity contribution in [3.63, 3.8) is 0 Å². The number of rotatable bonds is 4. The Bertz CT molecular complexity index is 407. The molecule has 1 heterocycles. The standard InChI is InChI=1S/C13H23N5S/c1-10-17-18-12(19-10)8-9-15-13(14)16-11-6-4-2-3-5-7-11/h11H,2-9H2,1H3,(H3,14,15,16). The number of aromatic nitrogens is 2. The Hall–Kier alpha value is -1.17. The molecule has 1 saturated carbocycles. The van der Waals surface area contributed by atoms with Gasteiger partial charge in [0.05, 0.1) is 0 Å². The number of nitrogens with two attached hydrogens (primary N) is 1. The molecule has 0 atom stereocenters. The second-order valence-corrected chi connectivity index (χ2v) is 6.33. The van der Waals surface area contributed by atoms with Gasteiger partial charge in [-0.3, -0.25) is 4.99 Å². The van der Waals surface area contributed by atoms with Gasteiger partial charge in [0, 0.05) is 19.0 Å². The third kappa shape index (κ3) is 5.14. The highest BCUT2D eigenvalue weighted by Gasteiger charge is 2.12. The average Bonchev–Trinajstić information content (AvgIpc) is 2.63. The Morgan fingerprint density at radius 2 is 2.05 bits per heavy atom. The lowest BCUT2D eigenvalue weighted by Gasteiger charge is -2.16. The van der Waals surface area contributed by atoms with E-state index in [-0.39, 0.29) is 0 Å². The Kier molecular flexibility index (Phi) is 5.57. The van der Waals surface area contributed by atoms with Gasteiger partial charge in [-0.25, -0.2) is 0 Å². The van der Waals surface area contributed by atoms with Crippen LogP contribution in [-0.2, 0) is 6.42 Å². The van der Waals surface area contributed by atoms with Crippen LogP contribution in [0.25, 0.3) is 0 Å². The minimum absolute atomic E-state index is 0.509. The molecule has 1 aromatic heterocycles. The Morgan fingerprint density at radius 1 is 1.32 bits per heavy atom. The van der Waals surface area contributed by atoms with Crippen LogP contribution in [0.2, 0.25) is 0 Å². The van der Waals surface area contributed by atoms with E-state index in [1.807, 2.05) is 6.92 Å². The third-order valence-electron chi connectivity index (χ3n) is 3.38. The molecule has 106 valence electrons. The topological polar surface area (TPSA) is 76.2 Å². The number of nitrogens with zero attached hydrogens (tertiary/aromatic N) is 3. The van der Waals surface area contributed by atoms with E-state index < -0.39 is 0 Å². The van der Waals surface area contributed by atoms with E-state index in [9.17, 15) is 0 Å². The molecule has 19 heavy (non-hydrogen) atoms. The van der Waals surface area contributed by atoms with Crippen LogP contribution in [0.3, 0.4) is 0 Å². The summed E-state index contributed by atoms with van der Waals surface area (Å²) < 4.78 is 0. The predicted molar refractivity (Wildman–Crippen MR) is 79.5 cm³/mol. The van der Waals surface area contributed by atoms with E-state index >= 15 is 0 Å². The van der Waals surface area contributed by atoms with Crippen molar-refractivity contribution in [1.82, 2.24) is 15.5 Å². The molecular weight excluding hydrogens is 258 g/mol. The number of aryl methyl sites for hydroxylation is 1. The first-order valence-electron chi connectivity index (χ1n) is 7.09. The summed E-state index contributed by atoms with van der Waals surface area (Å²) in [4.78, 5) is 4.38. The lowest BCUT2D eigenvalue weighted by Crippen LogP contribution is -2.40. The van der Waals surface area contributed by atoms with Crippen LogP contribution in [0.5, 0.6) is 0 Å². The fourth-order valence-corrected chi connectivity index (χ4v) is 3.09. The highest BCUT2D eigenvalue weighted by Crippen LogP contribution is 2.16. The number of aliphatic imine (C=N–C) groups is 1. The molecule has 5 nitrogen and oxygen atoms in total. The van der Waals surface area contributed by atoms with Crippen molar-refractivity contribution in [3.05, 3.63) is 10.0 Å². The monoisotopic (exact) mass is 281 g/mol. The largest absolute Gasteiger partial charge is 0.370 e. The summed E-state index contributed by atoms with van der Waals surface area (Å²) >= 11 is 1.63. The molecule has 0 amide bonds. The van der Waals surface area contributed by atoms with Gasteiger partial charge in [0.1, 0.15) is 10.0 Å². The molecule has 0 spiro atoms. The highest BCUT2D eigenvalue weighted by molar-refractivity contribution is 7.11. The molecule has 0 bridgehead atoms. The van der Waals surface area contributed by atoms with Gasteiger partial charge in [0.15, 0.2) is 5.96 Å². The van der Waals surface area contributed by atoms with E-state index in [4.69, 9.17) is 5.73 Å². The quantitative estimate of drug-likeness (QED) is 0.503. The van der Waals surface area contributed by atoms with Gasteiger partial charge < -0.3 is 11.1 Å². The summed E-state index contributed by atoms with van der Waals surface area (Å²) in [6.07, 6.45) is 8.55. The third-order valence-corrected chi connectivity index (χ3v) is 4.28. The van der Waals surface area contributed by atoms with E-state index in [2.05, 4.69) is 20.5 Å². The van der Waals surface area contributed by atoms with E-state index in [0.29, 0.717) is 18.5 Å². The van der Waals surface area contributed by atoms with E-state index in [1.165, 1.54) is 38.5 Å². The molecule has 1 fully saturated rings. The maximum absolute atomic E-state index is 5.93. The SMILES string of the molecule is Cc1nnc(CCN=C(N)NC2CCCCCC2)s1. The molecule has 1 aromatic rings. The molecule has 0 aliphatic heterocycles. The van der Waals surface area contributed by atoms with Crippen LogP contribution < -0.4 is 11.1 Å². The summed E-state index contributed by atoms with van der Waals surface area (Å²) in [6, 6.07) is 0.509. The zero-order valence-corrected chi connectivity index (χ0v) is 12.4. The first-order valence-corrected chi connectivity index (χ1v) is 7.91. The Labute approximate surface area is 118 Å². The average molecular weight is 281 g/mol. The molecule has 1 aliphatic carbocycles. The van der Waals surface area contributed by atoms with Gasteiger partial charge in [0.2, 0.25) is 0 Å². The first kappa shape index (κ1) is 14.2. The number of nitrogens with one attached hydrogen (secondary N) is 1. The summed E-state index contributed by atoms with van der Waals surface area (Å²) in [6.45, 7) is 2.65. The Balaban J connectivity index is 1.72. The molecule has 2 rings (SSSR count). The summed E-state index contributed by atoms with van der Waals surface area (Å²) in [7, 11) is 0. The molecule has 1 aliphatic rings. The van der Waals surface area contributed by atoms with Crippen LogP contribution in [-0.4, -0.2) is 28.7 Å².